The topological polar surface area (TPSA) is 92.4 Å². The van der Waals surface area contributed by atoms with Gasteiger partial charge in [-0.1, -0.05) is 19.0 Å². The lowest BCUT2D eigenvalue weighted by Gasteiger charge is -2.28. The number of carboxylic acid groups (broad SMARTS) is 1. The number of hydrogen-bond acceptors (Lipinski definition) is 4. The van der Waals surface area contributed by atoms with Gasteiger partial charge in [-0.2, -0.15) is 13.2 Å². The monoisotopic (exact) mass is 308 g/mol. The molecule has 1 heterocycles. The van der Waals surface area contributed by atoms with Gasteiger partial charge in [0.2, 0.25) is 5.54 Å². The summed E-state index contributed by atoms with van der Waals surface area (Å²) < 4.78 is 43.5. The van der Waals surface area contributed by atoms with Crippen molar-refractivity contribution in [1.29, 1.82) is 0 Å². The molecule has 1 unspecified atom stereocenters. The van der Waals surface area contributed by atoms with E-state index in [1.54, 1.807) is 13.8 Å². The predicted molar refractivity (Wildman–Crippen MR) is 64.9 cm³/mol. The molecule has 0 aliphatic rings. The number of nitrogens with zero attached hydrogens (tertiary/aromatic N) is 1. The van der Waals surface area contributed by atoms with Gasteiger partial charge >= 0.3 is 12.1 Å². The zero-order valence-electron chi connectivity index (χ0n) is 11.8. The summed E-state index contributed by atoms with van der Waals surface area (Å²) in [6.07, 6.45) is -5.16. The van der Waals surface area contributed by atoms with Crippen molar-refractivity contribution in [3.8, 4) is 0 Å². The molecule has 2 N–H and O–H groups in total. The summed E-state index contributed by atoms with van der Waals surface area (Å²) in [5.41, 5.74) is -3.49. The van der Waals surface area contributed by atoms with Crippen LogP contribution in [0.1, 0.15) is 48.5 Å². The lowest BCUT2D eigenvalue weighted by molar-refractivity contribution is -0.203. The lowest BCUT2D eigenvalue weighted by Crippen LogP contribution is -2.62. The van der Waals surface area contributed by atoms with Crippen LogP contribution in [0.2, 0.25) is 0 Å². The molecular formula is C12H15F3N2O4. The van der Waals surface area contributed by atoms with Crippen LogP contribution in [-0.2, 0) is 4.79 Å². The molecule has 0 radical (unpaired) electrons. The van der Waals surface area contributed by atoms with Gasteiger partial charge in [-0.15, -0.1) is 0 Å². The molecule has 0 aliphatic heterocycles. The number of carboxylic acids is 1. The highest BCUT2D eigenvalue weighted by Gasteiger charge is 2.58. The number of aryl methyl sites for hydroxylation is 1. The van der Waals surface area contributed by atoms with E-state index >= 15 is 0 Å². The Morgan fingerprint density at radius 1 is 1.33 bits per heavy atom. The van der Waals surface area contributed by atoms with E-state index in [-0.39, 0.29) is 22.9 Å². The molecule has 0 fully saturated rings. The summed E-state index contributed by atoms with van der Waals surface area (Å²) in [5, 5.41) is 13.8. The quantitative estimate of drug-likeness (QED) is 0.890. The molecule has 1 amide bonds. The van der Waals surface area contributed by atoms with E-state index in [2.05, 4.69) is 5.16 Å². The molecule has 21 heavy (non-hydrogen) atoms. The molecule has 0 aromatic carbocycles. The molecule has 0 saturated heterocycles. The molecule has 0 spiro atoms. The van der Waals surface area contributed by atoms with Crippen molar-refractivity contribution < 1.29 is 32.4 Å². The van der Waals surface area contributed by atoms with Crippen LogP contribution >= 0.6 is 0 Å². The van der Waals surface area contributed by atoms with Gasteiger partial charge in [0.15, 0.2) is 5.76 Å². The SMILES string of the molecule is Cc1noc(C(C)C)c1C(=O)NC(C)(C(=O)O)C(F)(F)F. The summed E-state index contributed by atoms with van der Waals surface area (Å²) >= 11 is 0. The number of alkyl halides is 3. The Bertz CT molecular complexity index is 565. The van der Waals surface area contributed by atoms with E-state index in [0.29, 0.717) is 6.92 Å². The minimum atomic E-state index is -5.16. The van der Waals surface area contributed by atoms with Gasteiger partial charge in [0, 0.05) is 5.92 Å². The fourth-order valence-electron chi connectivity index (χ4n) is 1.59. The molecule has 1 aromatic heterocycles. The van der Waals surface area contributed by atoms with Gasteiger partial charge in [0.05, 0.1) is 5.69 Å². The lowest BCUT2D eigenvalue weighted by atomic mass is 9.99. The number of aliphatic carboxylic acids is 1. The number of carbonyl (C=O) groups is 2. The molecular weight excluding hydrogens is 293 g/mol. The Hall–Kier alpha value is -2.06. The summed E-state index contributed by atoms with van der Waals surface area (Å²) in [6.45, 7) is 5.09. The molecule has 1 atom stereocenters. The van der Waals surface area contributed by atoms with Crippen LogP contribution in [0.3, 0.4) is 0 Å². The van der Waals surface area contributed by atoms with Crippen molar-refractivity contribution in [2.45, 2.75) is 45.3 Å². The number of nitrogens with one attached hydrogen (secondary N) is 1. The van der Waals surface area contributed by atoms with Crippen LogP contribution in [0.25, 0.3) is 0 Å². The molecule has 9 heteroatoms. The zero-order chi connectivity index (χ0) is 16.6. The third-order valence-electron chi connectivity index (χ3n) is 3.00. The standard InChI is InChI=1S/C12H15F3N2O4/c1-5(2)8-7(6(3)17-21-8)9(18)16-11(4,10(19)20)12(13,14)15/h5H,1-4H3,(H,16,18)(H,19,20). The largest absolute Gasteiger partial charge is 0.479 e. The van der Waals surface area contributed by atoms with E-state index in [1.165, 1.54) is 12.2 Å². The number of amides is 1. The second-order valence-electron chi connectivity index (χ2n) is 5.04. The van der Waals surface area contributed by atoms with E-state index in [4.69, 9.17) is 9.63 Å². The van der Waals surface area contributed by atoms with Crippen LogP contribution in [-0.4, -0.2) is 33.9 Å². The minimum Gasteiger partial charge on any atom is -0.479 e. The van der Waals surface area contributed by atoms with E-state index < -0.39 is 23.6 Å². The minimum absolute atomic E-state index is 0.0890. The summed E-state index contributed by atoms with van der Waals surface area (Å²) in [4.78, 5) is 22.9. The third kappa shape index (κ3) is 3.01. The van der Waals surface area contributed by atoms with Crippen molar-refractivity contribution >= 4 is 11.9 Å². The maximum atomic E-state index is 12.9. The van der Waals surface area contributed by atoms with Gasteiger partial charge in [0.1, 0.15) is 5.56 Å². The normalized spacial score (nSPS) is 14.9. The Kier molecular flexibility index (Phi) is 4.35. The Balaban J connectivity index is 3.22. The highest BCUT2D eigenvalue weighted by atomic mass is 19.4. The maximum absolute atomic E-state index is 12.9. The highest BCUT2D eigenvalue weighted by molar-refractivity contribution is 5.99. The molecule has 6 nitrogen and oxygen atoms in total. The van der Waals surface area contributed by atoms with Gasteiger partial charge in [-0.25, -0.2) is 4.79 Å². The van der Waals surface area contributed by atoms with Crippen LogP contribution in [0, 0.1) is 6.92 Å². The first-order valence-corrected chi connectivity index (χ1v) is 6.00. The second kappa shape index (κ2) is 5.38. The van der Waals surface area contributed by atoms with Crippen LogP contribution in [0.15, 0.2) is 4.52 Å². The van der Waals surface area contributed by atoms with Crippen LogP contribution in [0.5, 0.6) is 0 Å². The fraction of sp³-hybridized carbons (Fsp3) is 0.583. The zero-order valence-corrected chi connectivity index (χ0v) is 11.8. The van der Waals surface area contributed by atoms with E-state index in [0.717, 1.165) is 0 Å². The summed E-state index contributed by atoms with van der Waals surface area (Å²) in [7, 11) is 0. The summed E-state index contributed by atoms with van der Waals surface area (Å²) in [5.74, 6) is -3.60. The maximum Gasteiger partial charge on any atom is 0.422 e. The number of carbonyl (C=O) groups excluding carboxylic acids is 1. The summed E-state index contributed by atoms with van der Waals surface area (Å²) in [6, 6.07) is 0. The van der Waals surface area contributed by atoms with Gasteiger partial charge in [0.25, 0.3) is 5.91 Å². The Morgan fingerprint density at radius 2 is 1.86 bits per heavy atom. The molecule has 1 rings (SSSR count). The Morgan fingerprint density at radius 3 is 2.24 bits per heavy atom. The number of aromatic nitrogens is 1. The number of halogens is 3. The van der Waals surface area contributed by atoms with E-state index in [9.17, 15) is 22.8 Å². The fourth-order valence-corrected chi connectivity index (χ4v) is 1.59. The first kappa shape index (κ1) is 17.0. The molecule has 118 valence electrons. The molecule has 1 aromatic rings. The van der Waals surface area contributed by atoms with Crippen LogP contribution < -0.4 is 5.32 Å². The van der Waals surface area contributed by atoms with Gasteiger partial charge in [-0.3, -0.25) is 4.79 Å². The first-order chi connectivity index (χ1) is 9.41. The smallest absolute Gasteiger partial charge is 0.422 e. The molecule has 0 bridgehead atoms. The van der Waals surface area contributed by atoms with Crippen molar-refractivity contribution in [3.05, 3.63) is 17.0 Å². The molecule has 0 aliphatic carbocycles. The van der Waals surface area contributed by atoms with Crippen molar-refractivity contribution in [3.63, 3.8) is 0 Å². The Labute approximate surface area is 118 Å². The molecule has 0 saturated carbocycles. The van der Waals surface area contributed by atoms with E-state index in [1.807, 2.05) is 0 Å². The number of hydrogen-bond donors (Lipinski definition) is 2. The predicted octanol–water partition coefficient (Wildman–Crippen LogP) is 2.24. The third-order valence-corrected chi connectivity index (χ3v) is 3.00. The number of rotatable bonds is 4. The first-order valence-electron chi connectivity index (χ1n) is 6.00. The average Bonchev–Trinajstić information content (AvgIpc) is 2.69. The van der Waals surface area contributed by atoms with Crippen LogP contribution in [0.4, 0.5) is 13.2 Å². The highest BCUT2D eigenvalue weighted by Crippen LogP contribution is 2.31. The van der Waals surface area contributed by atoms with Crippen molar-refractivity contribution in [2.75, 3.05) is 0 Å². The second-order valence-corrected chi connectivity index (χ2v) is 5.04. The van der Waals surface area contributed by atoms with Gasteiger partial charge < -0.3 is 14.9 Å². The average molecular weight is 308 g/mol. The van der Waals surface area contributed by atoms with Gasteiger partial charge in [-0.05, 0) is 13.8 Å². The van der Waals surface area contributed by atoms with Crippen molar-refractivity contribution in [1.82, 2.24) is 10.5 Å². The van der Waals surface area contributed by atoms with Crippen molar-refractivity contribution in [2.24, 2.45) is 0 Å².